The molecule has 236 valence electrons. The highest BCUT2D eigenvalue weighted by Crippen LogP contribution is 2.36. The highest BCUT2D eigenvalue weighted by molar-refractivity contribution is 5.93. The van der Waals surface area contributed by atoms with Gasteiger partial charge in [0.25, 0.3) is 5.91 Å². The molecule has 0 unspecified atom stereocenters. The summed E-state index contributed by atoms with van der Waals surface area (Å²) >= 11 is 0. The van der Waals surface area contributed by atoms with Crippen LogP contribution in [0.15, 0.2) is 48.8 Å². The first-order chi connectivity index (χ1) is 21.0. The fourth-order valence-electron chi connectivity index (χ4n) is 4.32. The van der Waals surface area contributed by atoms with Crippen molar-refractivity contribution in [3.8, 4) is 28.0 Å². The van der Waals surface area contributed by atoms with Crippen LogP contribution in [0.4, 0.5) is 10.6 Å². The summed E-state index contributed by atoms with van der Waals surface area (Å²) in [5.41, 5.74) is 10.3. The van der Waals surface area contributed by atoms with Crippen molar-refractivity contribution in [1.29, 1.82) is 0 Å². The number of aromatic nitrogens is 2. The van der Waals surface area contributed by atoms with Gasteiger partial charge in [0, 0.05) is 55.1 Å². The Morgan fingerprint density at radius 2 is 1.59 bits per heavy atom. The molecule has 12 nitrogen and oxygen atoms in total. The lowest BCUT2D eigenvalue weighted by Crippen LogP contribution is -2.34. The summed E-state index contributed by atoms with van der Waals surface area (Å²) in [5, 5.41) is 17.9. The van der Waals surface area contributed by atoms with Gasteiger partial charge in [-0.25, -0.2) is 9.78 Å². The first-order valence-electron chi connectivity index (χ1n) is 14.6. The topological polar surface area (TPSA) is 178 Å². The van der Waals surface area contributed by atoms with Crippen LogP contribution in [0.3, 0.4) is 0 Å². The van der Waals surface area contributed by atoms with E-state index in [1.165, 1.54) is 0 Å². The summed E-state index contributed by atoms with van der Waals surface area (Å²) < 4.78 is 10.5. The second-order valence-electron chi connectivity index (χ2n) is 11.0. The van der Waals surface area contributed by atoms with E-state index in [1.807, 2.05) is 13.0 Å². The molecule has 0 saturated heterocycles. The van der Waals surface area contributed by atoms with Crippen molar-refractivity contribution in [3.05, 3.63) is 60.0 Å². The van der Waals surface area contributed by atoms with E-state index in [1.54, 1.807) is 63.5 Å². The zero-order chi connectivity index (χ0) is 32.1. The van der Waals surface area contributed by atoms with E-state index in [0.29, 0.717) is 31.7 Å². The number of ether oxygens (including phenoxy) is 2. The molecule has 3 rings (SSSR count). The van der Waals surface area contributed by atoms with E-state index >= 15 is 0 Å². The van der Waals surface area contributed by atoms with Crippen LogP contribution in [0.25, 0.3) is 22.3 Å². The van der Waals surface area contributed by atoms with Gasteiger partial charge in [-0.1, -0.05) is 25.1 Å². The third kappa shape index (κ3) is 10.5. The molecule has 0 fully saturated rings. The molecule has 3 amide bonds. The van der Waals surface area contributed by atoms with Crippen LogP contribution < -0.4 is 21.7 Å². The Hall–Kier alpha value is -4.71. The summed E-state index contributed by atoms with van der Waals surface area (Å²) in [5.74, 6) is 0.0922. The Morgan fingerprint density at radius 1 is 0.886 bits per heavy atom. The number of nitrogen functional groups attached to an aromatic ring is 1. The average Bonchev–Trinajstić information content (AvgIpc) is 2.98. The van der Waals surface area contributed by atoms with E-state index in [4.69, 9.17) is 15.2 Å². The van der Waals surface area contributed by atoms with Gasteiger partial charge in [-0.2, -0.15) is 0 Å². The van der Waals surface area contributed by atoms with Gasteiger partial charge in [0.2, 0.25) is 5.91 Å². The van der Waals surface area contributed by atoms with E-state index in [-0.39, 0.29) is 49.4 Å². The number of benzene rings is 1. The molecule has 2 heterocycles. The Kier molecular flexibility index (Phi) is 12.5. The number of hydrogen-bond donors (Lipinski definition) is 5. The molecule has 0 radical (unpaired) electrons. The number of nitrogens with two attached hydrogens (primary N) is 1. The second kappa shape index (κ2) is 16.2. The maximum atomic E-state index is 12.6. The largest absolute Gasteiger partial charge is 0.508 e. The molecule has 0 spiro atoms. The van der Waals surface area contributed by atoms with Gasteiger partial charge in [-0.3, -0.25) is 14.6 Å². The highest BCUT2D eigenvalue weighted by atomic mass is 16.6. The standard InChI is InChI=1S/C32H42N6O6/c1-5-24-25(20-38-29(33)28(24)21-7-10-23(39)11-8-21)22-9-12-26(37-19-22)30(41)35-15-6-14-34-27(40)13-17-43-18-16-36-31(42)44-32(2,3)4/h7-12,19-20,39H,5-6,13-18H2,1-4H3,(H2,33,38)(H,34,40)(H,35,41)(H,36,42). The normalized spacial score (nSPS) is 11.1. The first-order valence-corrected chi connectivity index (χ1v) is 14.6. The molecule has 0 saturated carbocycles. The van der Waals surface area contributed by atoms with E-state index < -0.39 is 11.7 Å². The Bertz CT molecular complexity index is 1400. The minimum absolute atomic E-state index is 0.161. The number of nitrogens with one attached hydrogen (secondary N) is 3. The number of anilines is 1. The predicted octanol–water partition coefficient (Wildman–Crippen LogP) is 3.83. The number of pyridine rings is 2. The minimum Gasteiger partial charge on any atom is -0.508 e. The average molecular weight is 607 g/mol. The molecule has 6 N–H and O–H groups in total. The predicted molar refractivity (Wildman–Crippen MR) is 168 cm³/mol. The van der Waals surface area contributed by atoms with Gasteiger partial charge in [0.15, 0.2) is 0 Å². The number of hydrogen-bond acceptors (Lipinski definition) is 9. The SMILES string of the molecule is CCc1c(-c2ccc(C(=O)NCCCNC(=O)CCOCCNC(=O)OC(C)(C)C)nc2)cnc(N)c1-c1ccc(O)cc1. The summed E-state index contributed by atoms with van der Waals surface area (Å²) in [6, 6.07) is 10.3. The minimum atomic E-state index is -0.563. The van der Waals surface area contributed by atoms with Crippen molar-refractivity contribution < 1.29 is 29.0 Å². The maximum Gasteiger partial charge on any atom is 0.407 e. The van der Waals surface area contributed by atoms with Crippen LogP contribution in [0.5, 0.6) is 5.75 Å². The molecule has 0 atom stereocenters. The van der Waals surface area contributed by atoms with Crippen molar-refractivity contribution in [1.82, 2.24) is 25.9 Å². The van der Waals surface area contributed by atoms with Crippen LogP contribution in [-0.4, -0.2) is 71.4 Å². The van der Waals surface area contributed by atoms with Crippen LogP contribution >= 0.6 is 0 Å². The molecule has 2 aromatic heterocycles. The number of alkyl carbamates (subject to hydrolysis) is 1. The molecule has 0 aliphatic rings. The lowest BCUT2D eigenvalue weighted by atomic mass is 9.92. The van der Waals surface area contributed by atoms with Gasteiger partial charge in [0.1, 0.15) is 22.9 Å². The number of amides is 3. The van der Waals surface area contributed by atoms with Crippen LogP contribution in [0, 0.1) is 0 Å². The van der Waals surface area contributed by atoms with Crippen molar-refractivity contribution in [3.63, 3.8) is 0 Å². The van der Waals surface area contributed by atoms with Crippen LogP contribution in [0.2, 0.25) is 0 Å². The third-order valence-electron chi connectivity index (χ3n) is 6.38. The molecule has 3 aromatic rings. The summed E-state index contributed by atoms with van der Waals surface area (Å²) in [6.45, 7) is 8.93. The monoisotopic (exact) mass is 606 g/mol. The Balaban J connectivity index is 1.39. The van der Waals surface area contributed by atoms with Gasteiger partial charge < -0.3 is 36.3 Å². The molecule has 1 aromatic carbocycles. The summed E-state index contributed by atoms with van der Waals surface area (Å²) in [4.78, 5) is 44.9. The molecular formula is C32H42N6O6. The van der Waals surface area contributed by atoms with Gasteiger partial charge in [-0.05, 0) is 62.9 Å². The molecule has 44 heavy (non-hydrogen) atoms. The lowest BCUT2D eigenvalue weighted by molar-refractivity contribution is -0.122. The zero-order valence-corrected chi connectivity index (χ0v) is 25.7. The molecular weight excluding hydrogens is 564 g/mol. The molecule has 0 aliphatic carbocycles. The number of phenolic OH excluding ortho intramolecular Hbond substituents is 1. The zero-order valence-electron chi connectivity index (χ0n) is 25.7. The first kappa shape index (κ1) is 33.8. The van der Waals surface area contributed by atoms with Gasteiger partial charge in [0.05, 0.1) is 13.2 Å². The number of nitrogens with zero attached hydrogens (tertiary/aromatic N) is 2. The van der Waals surface area contributed by atoms with Crippen molar-refractivity contribution in [2.24, 2.45) is 0 Å². The van der Waals surface area contributed by atoms with Crippen molar-refractivity contribution in [2.75, 3.05) is 38.6 Å². The van der Waals surface area contributed by atoms with E-state index in [9.17, 15) is 19.5 Å². The van der Waals surface area contributed by atoms with Gasteiger partial charge in [-0.15, -0.1) is 0 Å². The molecule has 12 heteroatoms. The quantitative estimate of drug-likeness (QED) is 0.171. The van der Waals surface area contributed by atoms with Crippen LogP contribution in [0.1, 0.15) is 56.6 Å². The third-order valence-corrected chi connectivity index (χ3v) is 6.38. The van der Waals surface area contributed by atoms with Gasteiger partial charge >= 0.3 is 6.09 Å². The number of phenols is 1. The van der Waals surface area contributed by atoms with Crippen LogP contribution in [-0.2, 0) is 20.7 Å². The van der Waals surface area contributed by atoms with Crippen molar-refractivity contribution >= 4 is 23.7 Å². The molecule has 0 aliphatic heterocycles. The number of rotatable bonds is 14. The summed E-state index contributed by atoms with van der Waals surface area (Å²) in [6.07, 6.45) is 4.26. The maximum absolute atomic E-state index is 12.6. The summed E-state index contributed by atoms with van der Waals surface area (Å²) in [7, 11) is 0. The fraction of sp³-hybridized carbons (Fsp3) is 0.406. The van der Waals surface area contributed by atoms with E-state index in [0.717, 1.165) is 27.8 Å². The number of carbonyl (C=O) groups excluding carboxylic acids is 3. The lowest BCUT2D eigenvalue weighted by Gasteiger charge is -2.19. The highest BCUT2D eigenvalue weighted by Gasteiger charge is 2.17. The van der Waals surface area contributed by atoms with Crippen molar-refractivity contribution in [2.45, 2.75) is 52.6 Å². The Morgan fingerprint density at radius 3 is 2.25 bits per heavy atom. The number of aromatic hydroxyl groups is 1. The number of carbonyl (C=O) groups is 3. The fourth-order valence-corrected chi connectivity index (χ4v) is 4.32. The second-order valence-corrected chi connectivity index (χ2v) is 11.0. The molecule has 0 bridgehead atoms. The van der Waals surface area contributed by atoms with E-state index in [2.05, 4.69) is 25.9 Å². The smallest absolute Gasteiger partial charge is 0.407 e. The Labute approximate surface area is 257 Å².